The Morgan fingerprint density at radius 1 is 0.667 bits per heavy atom. The van der Waals surface area contributed by atoms with E-state index in [2.05, 4.69) is 82.8 Å². The van der Waals surface area contributed by atoms with Crippen molar-refractivity contribution in [2.75, 3.05) is 18.1 Å². The Morgan fingerprint density at radius 2 is 1.17 bits per heavy atom. The predicted octanol–water partition coefficient (Wildman–Crippen LogP) is 4.50. The Kier molecular flexibility index (Phi) is 3.98. The molecule has 0 radical (unpaired) electrons. The van der Waals surface area contributed by atoms with Crippen molar-refractivity contribution in [3.05, 3.63) is 96.6 Å². The maximum Gasteiger partial charge on any atom is 0.150 e. The van der Waals surface area contributed by atoms with Crippen LogP contribution >= 0.6 is 0 Å². The Balaban J connectivity index is 1.78. The van der Waals surface area contributed by atoms with Crippen LogP contribution in [0.1, 0.15) is 5.56 Å². The zero-order valence-corrected chi connectivity index (χ0v) is 13.4. The molecule has 0 N–H and O–H groups in total. The lowest BCUT2D eigenvalue weighted by atomic mass is 10.2. The number of benzene rings is 3. The van der Waals surface area contributed by atoms with Crippen molar-refractivity contribution >= 4 is 17.2 Å². The van der Waals surface area contributed by atoms with Gasteiger partial charge in [-0.2, -0.15) is 0 Å². The maximum absolute atomic E-state index is 4.76. The molecular weight excluding hydrogens is 294 g/mol. The minimum Gasteiger partial charge on any atom is -0.265 e. The largest absolute Gasteiger partial charge is 0.265 e. The molecule has 1 aliphatic rings. The van der Waals surface area contributed by atoms with E-state index < -0.39 is 0 Å². The summed E-state index contributed by atoms with van der Waals surface area (Å²) in [5.74, 6) is 1.02. The van der Waals surface area contributed by atoms with Gasteiger partial charge in [-0.1, -0.05) is 66.7 Å². The fourth-order valence-corrected chi connectivity index (χ4v) is 3.03. The van der Waals surface area contributed by atoms with Gasteiger partial charge in [-0.25, -0.2) is 0 Å². The van der Waals surface area contributed by atoms with Crippen LogP contribution < -0.4 is 5.01 Å². The molecule has 0 unspecified atom stereocenters. The van der Waals surface area contributed by atoms with Crippen LogP contribution in [0.3, 0.4) is 0 Å². The maximum atomic E-state index is 4.76. The van der Waals surface area contributed by atoms with Crippen LogP contribution in [0.4, 0.5) is 11.4 Å². The van der Waals surface area contributed by atoms with E-state index in [4.69, 9.17) is 4.99 Å². The highest BCUT2D eigenvalue weighted by Gasteiger charge is 2.26. The van der Waals surface area contributed by atoms with Gasteiger partial charge in [0.05, 0.1) is 24.5 Å². The number of amidine groups is 1. The van der Waals surface area contributed by atoms with E-state index >= 15 is 0 Å². The first-order chi connectivity index (χ1) is 11.9. The minimum atomic E-state index is 0.806. The monoisotopic (exact) mass is 313 g/mol. The average Bonchev–Trinajstić information content (AvgIpc) is 3.14. The molecule has 3 aromatic rings. The van der Waals surface area contributed by atoms with Gasteiger partial charge in [-0.3, -0.25) is 15.0 Å². The summed E-state index contributed by atoms with van der Waals surface area (Å²) < 4.78 is 0. The van der Waals surface area contributed by atoms with Crippen molar-refractivity contribution in [2.45, 2.75) is 0 Å². The highest BCUT2D eigenvalue weighted by Crippen LogP contribution is 2.29. The van der Waals surface area contributed by atoms with E-state index in [9.17, 15) is 0 Å². The van der Waals surface area contributed by atoms with Crippen LogP contribution in [0.25, 0.3) is 0 Å². The van der Waals surface area contributed by atoms with Gasteiger partial charge >= 0.3 is 0 Å². The second-order valence-electron chi connectivity index (χ2n) is 5.68. The van der Waals surface area contributed by atoms with Crippen molar-refractivity contribution in [1.82, 2.24) is 5.01 Å². The number of para-hydroxylation sites is 2. The Bertz CT molecular complexity index is 774. The molecule has 0 bridgehead atoms. The van der Waals surface area contributed by atoms with Gasteiger partial charge in [0.2, 0.25) is 0 Å². The first-order valence-electron chi connectivity index (χ1n) is 8.21. The molecule has 0 spiro atoms. The standard InChI is InChI=1S/C21H19N3/c1-4-10-18(11-5-1)21-22-16-17-23(21)24(19-12-6-2-7-13-19)20-14-8-3-9-15-20/h1-15H,16-17H2. The number of hydrogen-bond donors (Lipinski definition) is 0. The predicted molar refractivity (Wildman–Crippen MR) is 99.6 cm³/mol. The van der Waals surface area contributed by atoms with Crippen LogP contribution in [0.2, 0.25) is 0 Å². The SMILES string of the molecule is c1ccc(C2=NCCN2N(c2ccccc2)c2ccccc2)cc1. The molecule has 3 nitrogen and oxygen atoms in total. The van der Waals surface area contributed by atoms with Crippen molar-refractivity contribution in [3.63, 3.8) is 0 Å². The van der Waals surface area contributed by atoms with E-state index in [1.54, 1.807) is 0 Å². The summed E-state index contributed by atoms with van der Waals surface area (Å²) in [6.45, 7) is 1.68. The molecular formula is C21H19N3. The van der Waals surface area contributed by atoms with Crippen molar-refractivity contribution in [1.29, 1.82) is 0 Å². The summed E-state index contributed by atoms with van der Waals surface area (Å²) in [4.78, 5) is 4.76. The topological polar surface area (TPSA) is 18.8 Å². The molecule has 118 valence electrons. The molecule has 1 aliphatic heterocycles. The molecule has 1 heterocycles. The van der Waals surface area contributed by atoms with E-state index in [1.807, 2.05) is 18.2 Å². The Labute approximate surface area is 142 Å². The molecule has 0 fully saturated rings. The number of nitrogens with zero attached hydrogens (tertiary/aromatic N) is 3. The summed E-state index contributed by atoms with van der Waals surface area (Å²) in [6, 6.07) is 31.3. The quantitative estimate of drug-likeness (QED) is 0.706. The molecule has 4 rings (SSSR count). The average molecular weight is 313 g/mol. The van der Waals surface area contributed by atoms with E-state index in [0.29, 0.717) is 0 Å². The van der Waals surface area contributed by atoms with Gasteiger partial charge in [-0.05, 0) is 24.3 Å². The second-order valence-corrected chi connectivity index (χ2v) is 5.68. The van der Waals surface area contributed by atoms with Crippen LogP contribution in [-0.2, 0) is 0 Å². The molecule has 0 saturated carbocycles. The first-order valence-corrected chi connectivity index (χ1v) is 8.21. The summed E-state index contributed by atoms with van der Waals surface area (Å²) in [5.41, 5.74) is 3.41. The number of aliphatic imine (C=N–C) groups is 1. The van der Waals surface area contributed by atoms with Crippen molar-refractivity contribution < 1.29 is 0 Å². The summed E-state index contributed by atoms with van der Waals surface area (Å²) >= 11 is 0. The van der Waals surface area contributed by atoms with E-state index in [1.165, 1.54) is 0 Å². The van der Waals surface area contributed by atoms with Gasteiger partial charge < -0.3 is 0 Å². The van der Waals surface area contributed by atoms with Crippen LogP contribution in [0, 0.1) is 0 Å². The third-order valence-corrected chi connectivity index (χ3v) is 4.09. The Morgan fingerprint density at radius 3 is 1.71 bits per heavy atom. The van der Waals surface area contributed by atoms with Gasteiger partial charge in [-0.15, -0.1) is 0 Å². The molecule has 0 atom stereocenters. The molecule has 3 heteroatoms. The summed E-state index contributed by atoms with van der Waals surface area (Å²) in [5, 5.41) is 4.51. The van der Waals surface area contributed by atoms with Crippen molar-refractivity contribution in [3.8, 4) is 0 Å². The Hall–Kier alpha value is -3.07. The van der Waals surface area contributed by atoms with Gasteiger partial charge in [0, 0.05) is 5.56 Å². The van der Waals surface area contributed by atoms with Crippen LogP contribution in [-0.4, -0.2) is 23.9 Å². The smallest absolute Gasteiger partial charge is 0.150 e. The number of hydrazine groups is 1. The lowest BCUT2D eigenvalue weighted by Crippen LogP contribution is -2.42. The van der Waals surface area contributed by atoms with E-state index in [-0.39, 0.29) is 0 Å². The summed E-state index contributed by atoms with van der Waals surface area (Å²) in [7, 11) is 0. The van der Waals surface area contributed by atoms with Crippen molar-refractivity contribution in [2.24, 2.45) is 4.99 Å². The molecule has 24 heavy (non-hydrogen) atoms. The molecule has 0 aromatic heterocycles. The molecule has 0 saturated heterocycles. The van der Waals surface area contributed by atoms with Crippen LogP contribution in [0.5, 0.6) is 0 Å². The lowest BCUT2D eigenvalue weighted by Gasteiger charge is -2.36. The third kappa shape index (κ3) is 2.76. The normalized spacial score (nSPS) is 13.7. The third-order valence-electron chi connectivity index (χ3n) is 4.09. The van der Waals surface area contributed by atoms with Gasteiger partial charge in [0.1, 0.15) is 5.84 Å². The molecule has 0 amide bonds. The highest BCUT2D eigenvalue weighted by molar-refractivity contribution is 6.01. The van der Waals surface area contributed by atoms with Gasteiger partial charge in [0.25, 0.3) is 0 Å². The second kappa shape index (κ2) is 6.59. The zero-order valence-electron chi connectivity index (χ0n) is 13.4. The molecule has 3 aromatic carbocycles. The fraction of sp³-hybridized carbons (Fsp3) is 0.0952. The first kappa shape index (κ1) is 14.5. The minimum absolute atomic E-state index is 0.806. The highest BCUT2D eigenvalue weighted by atomic mass is 15.7. The van der Waals surface area contributed by atoms with E-state index in [0.717, 1.165) is 35.9 Å². The lowest BCUT2D eigenvalue weighted by molar-refractivity contribution is 0.468. The number of anilines is 2. The zero-order chi connectivity index (χ0) is 16.2. The van der Waals surface area contributed by atoms with Gasteiger partial charge in [0.15, 0.2) is 0 Å². The van der Waals surface area contributed by atoms with Crippen LogP contribution in [0.15, 0.2) is 96.0 Å². The number of hydrogen-bond acceptors (Lipinski definition) is 3. The fourth-order valence-electron chi connectivity index (χ4n) is 3.03. The number of rotatable bonds is 4. The summed E-state index contributed by atoms with van der Waals surface area (Å²) in [6.07, 6.45) is 0. The molecule has 0 aliphatic carbocycles.